The number of hydrogen-bond acceptors (Lipinski definition) is 4. The largest absolute Gasteiger partial charge is 1.00 e. The number of nitrogens with zero attached hydrogens (tertiary/aromatic N) is 4. The average molecular weight is 548 g/mol. The smallest absolute Gasteiger partial charge is 0.288 e. The maximum Gasteiger partial charge on any atom is 0.288 e. The van der Waals surface area contributed by atoms with Crippen molar-refractivity contribution in [3.63, 3.8) is 0 Å². The highest BCUT2D eigenvalue weighted by atomic mass is 79.9. The van der Waals surface area contributed by atoms with Crippen molar-refractivity contribution in [2.24, 2.45) is 0 Å². The number of carbonyl (C=O) groups is 1. The van der Waals surface area contributed by atoms with Gasteiger partial charge in [0.15, 0.2) is 12.4 Å². The minimum atomic E-state index is 0. The second-order valence-corrected chi connectivity index (χ2v) is 8.79. The van der Waals surface area contributed by atoms with E-state index in [0.717, 1.165) is 55.4 Å². The average Bonchev–Trinajstić information content (AvgIpc) is 3.39. The molecule has 36 heavy (non-hydrogen) atoms. The zero-order chi connectivity index (χ0) is 23.9. The molecule has 1 fully saturated rings. The van der Waals surface area contributed by atoms with Crippen LogP contribution in [0.3, 0.4) is 0 Å². The summed E-state index contributed by atoms with van der Waals surface area (Å²) < 4.78 is 7.73. The fourth-order valence-corrected chi connectivity index (χ4v) is 4.29. The monoisotopic (exact) mass is 547 g/mol. The van der Waals surface area contributed by atoms with E-state index >= 15 is 0 Å². The Bertz CT molecular complexity index is 1240. The molecule has 1 aliphatic heterocycles. The van der Waals surface area contributed by atoms with E-state index in [-0.39, 0.29) is 22.9 Å². The van der Waals surface area contributed by atoms with Crippen LogP contribution < -0.4 is 26.3 Å². The molecular weight excluding hydrogens is 518 g/mol. The SMILES string of the molecule is O=C(C[n+]1cccc(-c2cc(COc3ccccc3)[nH]n2)c1)N1CCN(Cc2ccccc2)CC1.[Br-]. The fourth-order valence-electron chi connectivity index (χ4n) is 4.29. The van der Waals surface area contributed by atoms with Gasteiger partial charge in [-0.25, -0.2) is 0 Å². The van der Waals surface area contributed by atoms with E-state index in [9.17, 15) is 4.79 Å². The number of para-hydroxylation sites is 1. The van der Waals surface area contributed by atoms with Gasteiger partial charge in [-0.05, 0) is 29.8 Å². The van der Waals surface area contributed by atoms with Crippen molar-refractivity contribution in [2.75, 3.05) is 26.2 Å². The molecule has 2 aromatic carbocycles. The van der Waals surface area contributed by atoms with E-state index in [0.29, 0.717) is 13.2 Å². The summed E-state index contributed by atoms with van der Waals surface area (Å²) in [6.45, 7) is 4.98. The summed E-state index contributed by atoms with van der Waals surface area (Å²) in [7, 11) is 0. The Kier molecular flexibility index (Phi) is 8.86. The molecular formula is C28H30BrN5O2. The van der Waals surface area contributed by atoms with Crippen molar-refractivity contribution >= 4 is 5.91 Å². The number of carbonyl (C=O) groups excluding carboxylic acids is 1. The molecule has 2 aromatic heterocycles. The maximum absolute atomic E-state index is 13.0. The van der Waals surface area contributed by atoms with Gasteiger partial charge in [0.05, 0.1) is 17.0 Å². The molecule has 0 radical (unpaired) electrons. The van der Waals surface area contributed by atoms with Crippen molar-refractivity contribution in [1.29, 1.82) is 0 Å². The van der Waals surface area contributed by atoms with Crippen molar-refractivity contribution < 1.29 is 31.1 Å². The number of piperazine rings is 1. The maximum atomic E-state index is 13.0. The lowest BCUT2D eigenvalue weighted by Gasteiger charge is -2.34. The van der Waals surface area contributed by atoms with Crippen LogP contribution in [-0.2, 0) is 24.5 Å². The number of aromatic nitrogens is 3. The first-order valence-corrected chi connectivity index (χ1v) is 12.0. The molecule has 1 aliphatic rings. The standard InChI is InChI=1S/C28H30N5O2.BrH/c34-28(33-16-14-31(15-17-33)19-23-8-3-1-4-9-23)21-32-13-7-10-24(20-32)27-18-25(29-30-27)22-35-26-11-5-2-6-12-26;/h1-13,18,20H,14-17,19,21-22H2,(H,29,30);1H/q+1;/p-1. The highest BCUT2D eigenvalue weighted by Gasteiger charge is 2.23. The Hall–Kier alpha value is -3.49. The number of pyridine rings is 1. The number of nitrogens with one attached hydrogen (secondary N) is 1. The summed E-state index contributed by atoms with van der Waals surface area (Å²) in [5.74, 6) is 0.964. The van der Waals surface area contributed by atoms with Crippen LogP contribution in [0.15, 0.2) is 91.3 Å². The van der Waals surface area contributed by atoms with Crippen LogP contribution in [0, 0.1) is 0 Å². The van der Waals surface area contributed by atoms with E-state index in [2.05, 4.69) is 39.4 Å². The molecule has 186 valence electrons. The number of amides is 1. The third-order valence-corrected chi connectivity index (χ3v) is 6.21. The molecule has 8 heteroatoms. The van der Waals surface area contributed by atoms with E-state index in [4.69, 9.17) is 4.74 Å². The van der Waals surface area contributed by atoms with Gasteiger partial charge in [0.25, 0.3) is 5.91 Å². The number of ether oxygens (including phenoxy) is 1. The minimum absolute atomic E-state index is 0. The Labute approximate surface area is 222 Å². The number of H-pyrrole nitrogens is 1. The zero-order valence-electron chi connectivity index (χ0n) is 20.1. The van der Waals surface area contributed by atoms with Gasteiger partial charge in [0.2, 0.25) is 6.54 Å². The lowest BCUT2D eigenvalue weighted by atomic mass is 10.2. The summed E-state index contributed by atoms with van der Waals surface area (Å²) in [5.41, 5.74) is 3.99. The van der Waals surface area contributed by atoms with Crippen LogP contribution in [0.4, 0.5) is 0 Å². The first-order chi connectivity index (χ1) is 17.2. The van der Waals surface area contributed by atoms with Gasteiger partial charge >= 0.3 is 0 Å². The second kappa shape index (κ2) is 12.5. The Balaban J connectivity index is 0.00000304. The molecule has 0 aliphatic carbocycles. The molecule has 1 N–H and O–H groups in total. The highest BCUT2D eigenvalue weighted by Crippen LogP contribution is 2.17. The van der Waals surface area contributed by atoms with Gasteiger partial charge in [-0.3, -0.25) is 14.8 Å². The Morgan fingerprint density at radius 1 is 0.944 bits per heavy atom. The Morgan fingerprint density at radius 3 is 2.42 bits per heavy atom. The summed E-state index contributed by atoms with van der Waals surface area (Å²) in [4.78, 5) is 17.3. The normalized spacial score (nSPS) is 13.7. The summed E-state index contributed by atoms with van der Waals surface area (Å²) >= 11 is 0. The van der Waals surface area contributed by atoms with Gasteiger partial charge in [0.1, 0.15) is 12.4 Å². The molecule has 0 unspecified atom stereocenters. The molecule has 0 spiro atoms. The summed E-state index contributed by atoms with van der Waals surface area (Å²) in [6.07, 6.45) is 3.90. The van der Waals surface area contributed by atoms with Crippen LogP contribution in [0.25, 0.3) is 11.3 Å². The molecule has 1 saturated heterocycles. The van der Waals surface area contributed by atoms with Gasteiger partial charge < -0.3 is 26.6 Å². The predicted molar refractivity (Wildman–Crippen MR) is 133 cm³/mol. The third kappa shape index (κ3) is 6.80. The lowest BCUT2D eigenvalue weighted by Crippen LogP contribution is -3.00. The van der Waals surface area contributed by atoms with Crippen LogP contribution in [0.1, 0.15) is 11.3 Å². The van der Waals surface area contributed by atoms with E-state index in [1.54, 1.807) is 0 Å². The molecule has 1 amide bonds. The number of rotatable bonds is 8. The topological polar surface area (TPSA) is 65.3 Å². The van der Waals surface area contributed by atoms with Crippen LogP contribution in [-0.4, -0.2) is 52.1 Å². The fraction of sp³-hybridized carbons (Fsp3) is 0.250. The van der Waals surface area contributed by atoms with Crippen molar-refractivity contribution in [3.8, 4) is 17.0 Å². The highest BCUT2D eigenvalue weighted by molar-refractivity contribution is 5.74. The number of hydrogen-bond donors (Lipinski definition) is 1. The number of aromatic amines is 1. The van der Waals surface area contributed by atoms with E-state index < -0.39 is 0 Å². The first kappa shape index (κ1) is 25.6. The van der Waals surface area contributed by atoms with Crippen molar-refractivity contribution in [2.45, 2.75) is 19.7 Å². The Morgan fingerprint density at radius 2 is 1.67 bits per heavy atom. The molecule has 0 bridgehead atoms. The van der Waals surface area contributed by atoms with Gasteiger partial charge in [-0.15, -0.1) is 0 Å². The molecule has 3 heterocycles. The number of benzene rings is 2. The number of halogens is 1. The third-order valence-electron chi connectivity index (χ3n) is 6.21. The van der Waals surface area contributed by atoms with Crippen molar-refractivity contribution in [1.82, 2.24) is 20.0 Å². The van der Waals surface area contributed by atoms with Crippen LogP contribution in [0.2, 0.25) is 0 Å². The first-order valence-electron chi connectivity index (χ1n) is 12.0. The van der Waals surface area contributed by atoms with Crippen LogP contribution in [0.5, 0.6) is 5.75 Å². The van der Waals surface area contributed by atoms with Gasteiger partial charge in [-0.1, -0.05) is 48.5 Å². The second-order valence-electron chi connectivity index (χ2n) is 8.79. The van der Waals surface area contributed by atoms with Crippen LogP contribution >= 0.6 is 0 Å². The zero-order valence-corrected chi connectivity index (χ0v) is 21.7. The van der Waals surface area contributed by atoms with Gasteiger partial charge in [0, 0.05) is 38.8 Å². The van der Waals surface area contributed by atoms with E-state index in [1.165, 1.54) is 5.56 Å². The van der Waals surface area contributed by atoms with E-state index in [1.807, 2.05) is 76.5 Å². The molecule has 7 nitrogen and oxygen atoms in total. The molecule has 4 aromatic rings. The quantitative estimate of drug-likeness (QED) is 0.322. The predicted octanol–water partition coefficient (Wildman–Crippen LogP) is 0.292. The molecule has 0 atom stereocenters. The summed E-state index contributed by atoms with van der Waals surface area (Å²) in [5, 5.41) is 7.48. The minimum Gasteiger partial charge on any atom is -1.00 e. The van der Waals surface area contributed by atoms with Gasteiger partial charge in [-0.2, -0.15) is 9.67 Å². The van der Waals surface area contributed by atoms with Crippen molar-refractivity contribution in [3.05, 3.63) is 103 Å². The molecule has 5 rings (SSSR count). The summed E-state index contributed by atoms with van der Waals surface area (Å²) in [6, 6.07) is 26.1. The lowest BCUT2D eigenvalue weighted by molar-refractivity contribution is -0.684. The molecule has 0 saturated carbocycles.